The van der Waals surface area contributed by atoms with E-state index in [1.165, 1.54) is 26.2 Å². The van der Waals surface area contributed by atoms with E-state index >= 15 is 0 Å². The van der Waals surface area contributed by atoms with Gasteiger partial charge in [0.2, 0.25) is 0 Å². The summed E-state index contributed by atoms with van der Waals surface area (Å²) < 4.78 is 28.7. The van der Waals surface area contributed by atoms with Gasteiger partial charge in [0.15, 0.2) is 30.1 Å². The van der Waals surface area contributed by atoms with Gasteiger partial charge in [-0.15, -0.1) is 0 Å². The topological polar surface area (TPSA) is 85.6 Å². The maximum atomic E-state index is 13.6. The molecule has 7 heteroatoms. The van der Waals surface area contributed by atoms with Crippen molar-refractivity contribution in [1.29, 1.82) is 5.26 Å². The predicted octanol–water partition coefficient (Wildman–Crippen LogP) is 2.90. The fourth-order valence-electron chi connectivity index (χ4n) is 2.04. The van der Waals surface area contributed by atoms with E-state index in [1.54, 1.807) is 24.3 Å². The summed E-state index contributed by atoms with van der Waals surface area (Å²) >= 11 is 0. The van der Waals surface area contributed by atoms with Crippen molar-refractivity contribution >= 4 is 11.8 Å². The number of methoxy groups -OCH3 is 1. The molecule has 0 saturated carbocycles. The van der Waals surface area contributed by atoms with E-state index in [0.717, 1.165) is 6.07 Å². The number of carbonyl (C=O) groups is 2. The number of hydrogen-bond acceptors (Lipinski definition) is 6. The predicted molar refractivity (Wildman–Crippen MR) is 89.5 cm³/mol. The second-order valence-electron chi connectivity index (χ2n) is 5.28. The molecule has 0 aliphatic heterocycles. The van der Waals surface area contributed by atoms with Gasteiger partial charge in [0.25, 0.3) is 0 Å². The number of benzene rings is 2. The lowest BCUT2D eigenvalue weighted by molar-refractivity contribution is -0.149. The van der Waals surface area contributed by atoms with Gasteiger partial charge in [0.05, 0.1) is 18.7 Å². The number of halogens is 1. The van der Waals surface area contributed by atoms with Crippen LogP contribution in [-0.4, -0.2) is 31.6 Å². The minimum absolute atomic E-state index is 0.0167. The average molecular weight is 357 g/mol. The first-order chi connectivity index (χ1) is 12.4. The van der Waals surface area contributed by atoms with E-state index in [2.05, 4.69) is 0 Å². The highest BCUT2D eigenvalue weighted by Gasteiger charge is 2.19. The first kappa shape index (κ1) is 18.9. The van der Waals surface area contributed by atoms with Gasteiger partial charge in [-0.2, -0.15) is 5.26 Å². The molecule has 0 fully saturated rings. The zero-order valence-corrected chi connectivity index (χ0v) is 14.2. The lowest BCUT2D eigenvalue weighted by Crippen LogP contribution is -2.28. The van der Waals surface area contributed by atoms with Crippen molar-refractivity contribution in [2.45, 2.75) is 13.0 Å². The third-order valence-corrected chi connectivity index (χ3v) is 3.45. The van der Waals surface area contributed by atoms with Crippen molar-refractivity contribution < 1.29 is 28.2 Å². The third-order valence-electron chi connectivity index (χ3n) is 3.45. The largest absolute Gasteiger partial charge is 0.494 e. The molecule has 0 aliphatic carbocycles. The first-order valence-electron chi connectivity index (χ1n) is 7.64. The number of nitrogens with zero attached hydrogens (tertiary/aromatic N) is 1. The van der Waals surface area contributed by atoms with Gasteiger partial charge in [-0.1, -0.05) is 0 Å². The van der Waals surface area contributed by atoms with E-state index < -0.39 is 30.3 Å². The van der Waals surface area contributed by atoms with E-state index in [9.17, 15) is 14.0 Å². The number of ether oxygens (including phenoxy) is 3. The molecular weight excluding hydrogens is 341 g/mol. The summed E-state index contributed by atoms with van der Waals surface area (Å²) in [6.45, 7) is 0.934. The molecule has 1 atom stereocenters. The first-order valence-corrected chi connectivity index (χ1v) is 7.64. The zero-order valence-electron chi connectivity index (χ0n) is 14.2. The van der Waals surface area contributed by atoms with Crippen LogP contribution in [0.25, 0.3) is 0 Å². The summed E-state index contributed by atoms with van der Waals surface area (Å²) in [7, 11) is 1.32. The molecule has 0 aliphatic rings. The normalized spacial score (nSPS) is 11.2. The Bertz CT molecular complexity index is 842. The number of esters is 1. The number of Topliss-reactive ketones (excluding diaryl/α,β-unsaturated/α-hetero) is 1. The Morgan fingerprint density at radius 1 is 1.19 bits per heavy atom. The number of rotatable bonds is 7. The van der Waals surface area contributed by atoms with Gasteiger partial charge in [-0.3, -0.25) is 4.79 Å². The van der Waals surface area contributed by atoms with E-state index in [-0.39, 0.29) is 11.3 Å². The van der Waals surface area contributed by atoms with Gasteiger partial charge in [0.1, 0.15) is 5.75 Å². The number of hydrogen-bond donors (Lipinski definition) is 0. The molecule has 134 valence electrons. The lowest BCUT2D eigenvalue weighted by atomic mass is 10.1. The van der Waals surface area contributed by atoms with Gasteiger partial charge in [-0.05, 0) is 49.4 Å². The molecule has 0 spiro atoms. The third kappa shape index (κ3) is 4.80. The van der Waals surface area contributed by atoms with Gasteiger partial charge < -0.3 is 14.2 Å². The highest BCUT2D eigenvalue weighted by molar-refractivity contribution is 5.98. The van der Waals surface area contributed by atoms with Gasteiger partial charge in [-0.25, -0.2) is 9.18 Å². The van der Waals surface area contributed by atoms with Crippen molar-refractivity contribution in [2.75, 3.05) is 13.7 Å². The second kappa shape index (κ2) is 8.62. The lowest BCUT2D eigenvalue weighted by Gasteiger charge is -2.13. The monoisotopic (exact) mass is 357 g/mol. The van der Waals surface area contributed by atoms with Crippen LogP contribution < -0.4 is 9.47 Å². The van der Waals surface area contributed by atoms with Gasteiger partial charge >= 0.3 is 5.97 Å². The molecule has 0 amide bonds. The number of ketones is 1. The number of nitriles is 1. The smallest absolute Gasteiger partial charge is 0.347 e. The highest BCUT2D eigenvalue weighted by atomic mass is 19.1. The molecule has 0 aromatic heterocycles. The second-order valence-corrected chi connectivity index (χ2v) is 5.28. The molecule has 0 bridgehead atoms. The molecule has 0 heterocycles. The fourth-order valence-corrected chi connectivity index (χ4v) is 2.04. The summed E-state index contributed by atoms with van der Waals surface area (Å²) in [5.74, 6) is -1.57. The van der Waals surface area contributed by atoms with Crippen LogP contribution in [0.4, 0.5) is 4.39 Å². The summed E-state index contributed by atoms with van der Waals surface area (Å²) in [5.41, 5.74) is 0.529. The SMILES string of the molecule is COc1ccc(C(=O)COC(=O)[C@@H](C)Oc2ccc(C#N)cc2)cc1F. The van der Waals surface area contributed by atoms with Crippen LogP contribution in [0.1, 0.15) is 22.8 Å². The Balaban J connectivity index is 1.89. The van der Waals surface area contributed by atoms with Crippen LogP contribution in [0.2, 0.25) is 0 Å². The Labute approximate surface area is 149 Å². The van der Waals surface area contributed by atoms with Crippen LogP contribution in [-0.2, 0) is 9.53 Å². The van der Waals surface area contributed by atoms with E-state index in [4.69, 9.17) is 19.5 Å². The summed E-state index contributed by atoms with van der Waals surface area (Å²) in [6, 6.07) is 11.9. The zero-order chi connectivity index (χ0) is 19.1. The molecule has 0 unspecified atom stereocenters. The Morgan fingerprint density at radius 2 is 1.88 bits per heavy atom. The molecule has 0 N–H and O–H groups in total. The van der Waals surface area contributed by atoms with Crippen LogP contribution in [0.3, 0.4) is 0 Å². The minimum atomic E-state index is -0.955. The maximum absolute atomic E-state index is 13.6. The molecule has 0 radical (unpaired) electrons. The molecule has 2 aromatic rings. The van der Waals surface area contributed by atoms with E-state index in [1.807, 2.05) is 6.07 Å². The fraction of sp³-hybridized carbons (Fsp3) is 0.211. The maximum Gasteiger partial charge on any atom is 0.347 e. The Hall–Kier alpha value is -3.40. The number of carbonyl (C=O) groups excluding carboxylic acids is 2. The molecular formula is C19H16FNO5. The molecule has 6 nitrogen and oxygen atoms in total. The molecule has 2 aromatic carbocycles. The van der Waals surface area contributed by atoms with Gasteiger partial charge in [0, 0.05) is 5.56 Å². The van der Waals surface area contributed by atoms with Crippen LogP contribution >= 0.6 is 0 Å². The standard InChI is InChI=1S/C19H16FNO5/c1-12(26-15-6-3-13(10-21)4-7-15)19(23)25-11-17(22)14-5-8-18(24-2)16(20)9-14/h3-9,12H,11H2,1-2H3/t12-/m1/s1. The van der Waals surface area contributed by atoms with Crippen molar-refractivity contribution in [3.63, 3.8) is 0 Å². The van der Waals surface area contributed by atoms with Crippen molar-refractivity contribution in [1.82, 2.24) is 0 Å². The minimum Gasteiger partial charge on any atom is -0.494 e. The molecule has 0 saturated heterocycles. The Morgan fingerprint density at radius 3 is 2.46 bits per heavy atom. The van der Waals surface area contributed by atoms with Crippen LogP contribution in [0, 0.1) is 17.1 Å². The summed E-state index contributed by atoms with van der Waals surface area (Å²) in [4.78, 5) is 23.9. The molecule has 26 heavy (non-hydrogen) atoms. The highest BCUT2D eigenvalue weighted by Crippen LogP contribution is 2.18. The van der Waals surface area contributed by atoms with Crippen LogP contribution in [0.15, 0.2) is 42.5 Å². The Kier molecular flexibility index (Phi) is 6.28. The van der Waals surface area contributed by atoms with E-state index in [0.29, 0.717) is 11.3 Å². The average Bonchev–Trinajstić information content (AvgIpc) is 2.66. The van der Waals surface area contributed by atoms with Crippen molar-refractivity contribution in [3.05, 3.63) is 59.4 Å². The van der Waals surface area contributed by atoms with Crippen molar-refractivity contribution in [2.24, 2.45) is 0 Å². The summed E-state index contributed by atoms with van der Waals surface area (Å²) in [5, 5.41) is 8.73. The molecule has 2 rings (SSSR count). The quantitative estimate of drug-likeness (QED) is 0.559. The van der Waals surface area contributed by atoms with Crippen molar-refractivity contribution in [3.8, 4) is 17.6 Å². The van der Waals surface area contributed by atoms with Crippen LogP contribution in [0.5, 0.6) is 11.5 Å². The summed E-state index contributed by atoms with van der Waals surface area (Å²) in [6.07, 6.45) is -0.955.